The summed E-state index contributed by atoms with van der Waals surface area (Å²) in [5.41, 5.74) is 0. The van der Waals surface area contributed by atoms with E-state index < -0.39 is 12.1 Å². The van der Waals surface area contributed by atoms with E-state index in [2.05, 4.69) is 5.32 Å². The molecule has 0 radical (unpaired) electrons. The minimum Gasteiger partial charge on any atom is -0.311 e. The van der Waals surface area contributed by atoms with Crippen LogP contribution in [0, 0.1) is 5.92 Å². The summed E-state index contributed by atoms with van der Waals surface area (Å²) < 4.78 is 37.3. The minimum atomic E-state index is -3.98. The summed E-state index contributed by atoms with van der Waals surface area (Å²) in [4.78, 5) is 0. The van der Waals surface area contributed by atoms with E-state index >= 15 is 0 Å². The third-order valence-corrected chi connectivity index (χ3v) is 3.19. The molecule has 0 aromatic heterocycles. The highest BCUT2D eigenvalue weighted by atomic mass is 35.5. The van der Waals surface area contributed by atoms with Crippen LogP contribution in [0.1, 0.15) is 38.5 Å². The Hall–Kier alpha value is 0.0400. The number of alkyl halides is 3. The van der Waals surface area contributed by atoms with Gasteiger partial charge in [-0.3, -0.25) is 0 Å². The maximum atomic E-state index is 12.4. The molecule has 2 atom stereocenters. The van der Waals surface area contributed by atoms with Crippen LogP contribution in [-0.2, 0) is 0 Å². The van der Waals surface area contributed by atoms with Gasteiger partial charge in [-0.1, -0.05) is 6.42 Å². The van der Waals surface area contributed by atoms with Gasteiger partial charge >= 0.3 is 6.18 Å². The van der Waals surface area contributed by atoms with Crippen LogP contribution in [0.25, 0.3) is 0 Å². The topological polar surface area (TPSA) is 12.0 Å². The van der Waals surface area contributed by atoms with Gasteiger partial charge in [-0.25, -0.2) is 0 Å². The zero-order valence-corrected chi connectivity index (χ0v) is 9.33. The van der Waals surface area contributed by atoms with E-state index in [0.717, 1.165) is 19.3 Å². The van der Waals surface area contributed by atoms with E-state index in [1.54, 1.807) is 0 Å². The van der Waals surface area contributed by atoms with E-state index in [0.29, 0.717) is 25.3 Å². The molecule has 0 heterocycles. The number of halogens is 4. The lowest BCUT2D eigenvalue weighted by molar-refractivity contribution is -0.183. The fourth-order valence-electron chi connectivity index (χ4n) is 2.22. The van der Waals surface area contributed by atoms with Gasteiger partial charge in [-0.05, 0) is 32.1 Å². The molecule has 5 heteroatoms. The lowest BCUT2D eigenvalue weighted by atomic mass is 9.85. The Morgan fingerprint density at radius 3 is 2.13 bits per heavy atom. The van der Waals surface area contributed by atoms with E-state index in [1.807, 2.05) is 0 Å². The average molecular weight is 244 g/mol. The Balaban J connectivity index is 0.00000112. The van der Waals surface area contributed by atoms with Gasteiger partial charge in [0.05, 0.1) is 5.92 Å². The Morgan fingerprint density at radius 1 is 0.933 bits per heavy atom. The molecular weight excluding hydrogens is 227 g/mol. The maximum absolute atomic E-state index is 12.4. The molecule has 2 fully saturated rings. The zero-order valence-electron chi connectivity index (χ0n) is 8.52. The molecule has 0 spiro atoms. The Morgan fingerprint density at radius 2 is 1.60 bits per heavy atom. The second-order valence-electron chi connectivity index (χ2n) is 4.54. The van der Waals surface area contributed by atoms with E-state index in [9.17, 15) is 13.2 Å². The quantitative estimate of drug-likeness (QED) is 0.785. The van der Waals surface area contributed by atoms with Gasteiger partial charge in [0.1, 0.15) is 0 Å². The van der Waals surface area contributed by atoms with E-state index in [4.69, 9.17) is 0 Å². The molecule has 2 aliphatic rings. The number of hydrogen-bond acceptors (Lipinski definition) is 1. The first-order chi connectivity index (χ1) is 6.55. The maximum Gasteiger partial charge on any atom is 0.391 e. The Kier molecular flexibility index (Phi) is 4.29. The van der Waals surface area contributed by atoms with Crippen molar-refractivity contribution in [1.29, 1.82) is 0 Å². The molecule has 0 aliphatic heterocycles. The van der Waals surface area contributed by atoms with Crippen LogP contribution in [0.2, 0.25) is 0 Å². The molecule has 0 saturated heterocycles. The van der Waals surface area contributed by atoms with Crippen molar-refractivity contribution in [3.63, 3.8) is 0 Å². The van der Waals surface area contributed by atoms with Crippen molar-refractivity contribution in [2.24, 2.45) is 5.92 Å². The van der Waals surface area contributed by atoms with Gasteiger partial charge < -0.3 is 5.32 Å². The molecule has 0 amide bonds. The molecule has 0 aromatic rings. The first-order valence-corrected chi connectivity index (χ1v) is 5.38. The summed E-state index contributed by atoms with van der Waals surface area (Å²) in [7, 11) is 0. The van der Waals surface area contributed by atoms with Crippen LogP contribution in [0.3, 0.4) is 0 Å². The summed E-state index contributed by atoms with van der Waals surface area (Å²) in [5, 5.41) is 3.29. The van der Waals surface area contributed by atoms with Crippen LogP contribution < -0.4 is 5.32 Å². The van der Waals surface area contributed by atoms with Crippen molar-refractivity contribution in [2.75, 3.05) is 0 Å². The smallest absolute Gasteiger partial charge is 0.311 e. The standard InChI is InChI=1S/C10H16F3N.ClH/c11-10(12,13)7-2-1-3-9(6-7)14-8-4-5-8;/h7-9,14H,1-6H2;1H. The molecule has 2 rings (SSSR count). The summed E-state index contributed by atoms with van der Waals surface area (Å²) in [6.07, 6.45) is 0.564. The third kappa shape index (κ3) is 3.83. The van der Waals surface area contributed by atoms with Gasteiger partial charge in [0.15, 0.2) is 0 Å². The summed E-state index contributed by atoms with van der Waals surface area (Å²) in [6.45, 7) is 0. The first kappa shape index (κ1) is 13.1. The SMILES string of the molecule is Cl.FC(F)(F)C1CCCC(NC2CC2)C1. The molecule has 0 aromatic carbocycles. The summed E-state index contributed by atoms with van der Waals surface area (Å²) in [6, 6.07) is 0.634. The molecule has 1 N–H and O–H groups in total. The lowest BCUT2D eigenvalue weighted by Gasteiger charge is -2.31. The van der Waals surface area contributed by atoms with Crippen LogP contribution >= 0.6 is 12.4 Å². The molecule has 15 heavy (non-hydrogen) atoms. The number of hydrogen-bond donors (Lipinski definition) is 1. The lowest BCUT2D eigenvalue weighted by Crippen LogP contribution is -2.39. The molecule has 2 unspecified atom stereocenters. The molecule has 1 nitrogen and oxygen atoms in total. The largest absolute Gasteiger partial charge is 0.391 e. The van der Waals surface area contributed by atoms with Crippen LogP contribution in [0.15, 0.2) is 0 Å². The van der Waals surface area contributed by atoms with Gasteiger partial charge in [0.2, 0.25) is 0 Å². The highest BCUT2D eigenvalue weighted by Crippen LogP contribution is 2.38. The number of nitrogens with one attached hydrogen (secondary N) is 1. The van der Waals surface area contributed by atoms with Crippen molar-refractivity contribution >= 4 is 12.4 Å². The monoisotopic (exact) mass is 243 g/mol. The first-order valence-electron chi connectivity index (χ1n) is 5.38. The van der Waals surface area contributed by atoms with Crippen molar-refractivity contribution < 1.29 is 13.2 Å². The minimum absolute atomic E-state index is 0. The molecular formula is C10H17ClF3N. The van der Waals surface area contributed by atoms with E-state index in [-0.39, 0.29) is 18.4 Å². The number of rotatable bonds is 2. The molecule has 2 aliphatic carbocycles. The van der Waals surface area contributed by atoms with E-state index in [1.165, 1.54) is 0 Å². The van der Waals surface area contributed by atoms with Crippen LogP contribution in [0.5, 0.6) is 0 Å². The average Bonchev–Trinajstić information content (AvgIpc) is 2.87. The Bertz CT molecular complexity index is 203. The van der Waals surface area contributed by atoms with Crippen molar-refractivity contribution in [2.45, 2.75) is 56.8 Å². The van der Waals surface area contributed by atoms with Crippen molar-refractivity contribution in [1.82, 2.24) is 5.32 Å². The molecule has 90 valence electrons. The fraction of sp³-hybridized carbons (Fsp3) is 1.00. The highest BCUT2D eigenvalue weighted by molar-refractivity contribution is 5.85. The normalized spacial score (nSPS) is 32.2. The second kappa shape index (κ2) is 4.91. The zero-order chi connectivity index (χ0) is 10.2. The Labute approximate surface area is 94.2 Å². The fourth-order valence-corrected chi connectivity index (χ4v) is 2.22. The third-order valence-electron chi connectivity index (χ3n) is 3.19. The van der Waals surface area contributed by atoms with Gasteiger partial charge in [0.25, 0.3) is 0 Å². The van der Waals surface area contributed by atoms with Gasteiger partial charge in [-0.2, -0.15) is 13.2 Å². The van der Waals surface area contributed by atoms with Gasteiger partial charge in [0, 0.05) is 12.1 Å². The highest BCUT2D eigenvalue weighted by Gasteiger charge is 2.42. The molecule has 0 bridgehead atoms. The second-order valence-corrected chi connectivity index (χ2v) is 4.54. The molecule has 2 saturated carbocycles. The summed E-state index contributed by atoms with van der Waals surface area (Å²) >= 11 is 0. The predicted molar refractivity (Wildman–Crippen MR) is 55.2 cm³/mol. The van der Waals surface area contributed by atoms with Crippen LogP contribution in [-0.4, -0.2) is 18.3 Å². The predicted octanol–water partition coefficient (Wildman–Crippen LogP) is 3.28. The summed E-state index contributed by atoms with van der Waals surface area (Å²) in [5.74, 6) is -1.06. The van der Waals surface area contributed by atoms with Crippen molar-refractivity contribution in [3.05, 3.63) is 0 Å². The van der Waals surface area contributed by atoms with Crippen LogP contribution in [0.4, 0.5) is 13.2 Å². The van der Waals surface area contributed by atoms with Gasteiger partial charge in [-0.15, -0.1) is 12.4 Å². The van der Waals surface area contributed by atoms with Crippen molar-refractivity contribution in [3.8, 4) is 0 Å².